The number of aliphatic hydroxyl groups excluding tert-OH is 1. The molecule has 3 atom stereocenters. The first kappa shape index (κ1) is 13.3. The average molecular weight is 327 g/mol. The van der Waals surface area contributed by atoms with Crippen molar-refractivity contribution < 1.29 is 5.11 Å². The van der Waals surface area contributed by atoms with Gasteiger partial charge in [-0.1, -0.05) is 35.9 Å². The van der Waals surface area contributed by atoms with Gasteiger partial charge in [0.2, 0.25) is 0 Å². The third kappa shape index (κ3) is 1.72. The Morgan fingerprint density at radius 2 is 2.09 bits per heavy atom. The van der Waals surface area contributed by atoms with E-state index < -0.39 is 6.10 Å². The number of hydrogen-bond donors (Lipinski definition) is 1. The minimum Gasteiger partial charge on any atom is -0.386 e. The van der Waals surface area contributed by atoms with Crippen molar-refractivity contribution in [2.24, 2.45) is 5.92 Å². The molecule has 0 radical (unpaired) electrons. The second-order valence-electron chi connectivity index (χ2n) is 6.22. The van der Waals surface area contributed by atoms with E-state index in [9.17, 15) is 5.11 Å². The highest BCUT2D eigenvalue weighted by Crippen LogP contribution is 2.49. The van der Waals surface area contributed by atoms with Gasteiger partial charge in [-0.25, -0.2) is 4.98 Å². The van der Waals surface area contributed by atoms with Crippen LogP contribution in [0.4, 0.5) is 0 Å². The number of benzene rings is 1. The number of rotatable bonds is 1. The Balaban J connectivity index is 1.65. The van der Waals surface area contributed by atoms with E-state index in [0.29, 0.717) is 5.02 Å². The zero-order chi connectivity index (χ0) is 15.6. The molecule has 0 saturated carbocycles. The highest BCUT2D eigenvalue weighted by atomic mass is 35.5. The number of aliphatic hydroxyl groups is 1. The monoisotopic (exact) mass is 326 g/mol. The van der Waals surface area contributed by atoms with Crippen molar-refractivity contribution in [2.75, 3.05) is 0 Å². The van der Waals surface area contributed by atoms with E-state index in [-0.39, 0.29) is 12.0 Å². The van der Waals surface area contributed by atoms with E-state index >= 15 is 0 Å². The van der Waals surface area contributed by atoms with E-state index in [1.54, 1.807) is 6.20 Å². The number of nitrogens with zero attached hydrogens (tertiary/aromatic N) is 4. The molecule has 0 unspecified atom stereocenters. The van der Waals surface area contributed by atoms with Crippen molar-refractivity contribution in [1.82, 2.24) is 19.3 Å². The molecule has 3 aromatic rings. The van der Waals surface area contributed by atoms with Gasteiger partial charge >= 0.3 is 0 Å². The highest BCUT2D eigenvalue weighted by Gasteiger charge is 2.41. The summed E-state index contributed by atoms with van der Waals surface area (Å²) in [5, 5.41) is 15.8. The van der Waals surface area contributed by atoms with Gasteiger partial charge in [-0.2, -0.15) is 5.10 Å². The van der Waals surface area contributed by atoms with Gasteiger partial charge in [0.05, 0.1) is 41.2 Å². The number of halogens is 1. The van der Waals surface area contributed by atoms with Gasteiger partial charge in [0, 0.05) is 18.0 Å². The molecule has 0 spiro atoms. The number of fused-ring (bicyclic) bond motifs is 4. The predicted molar refractivity (Wildman–Crippen MR) is 86.1 cm³/mol. The molecular weight excluding hydrogens is 312 g/mol. The van der Waals surface area contributed by atoms with Gasteiger partial charge in [-0.15, -0.1) is 0 Å². The quantitative estimate of drug-likeness (QED) is 0.747. The zero-order valence-corrected chi connectivity index (χ0v) is 13.1. The van der Waals surface area contributed by atoms with Crippen LogP contribution in [0.1, 0.15) is 29.8 Å². The molecule has 2 aliphatic heterocycles. The summed E-state index contributed by atoms with van der Waals surface area (Å²) in [5.41, 5.74) is 4.29. The van der Waals surface area contributed by atoms with Crippen molar-refractivity contribution in [2.45, 2.75) is 25.1 Å². The summed E-state index contributed by atoms with van der Waals surface area (Å²) in [6.07, 6.45) is 5.59. The molecule has 2 aromatic heterocycles. The summed E-state index contributed by atoms with van der Waals surface area (Å²) in [4.78, 5) is 4.30. The lowest BCUT2D eigenvalue weighted by molar-refractivity contribution is 0.0526. The van der Waals surface area contributed by atoms with Crippen LogP contribution in [0.3, 0.4) is 0 Å². The summed E-state index contributed by atoms with van der Waals surface area (Å²) in [6.45, 7) is 0.770. The van der Waals surface area contributed by atoms with Crippen LogP contribution in [0.25, 0.3) is 11.3 Å². The summed E-state index contributed by atoms with van der Waals surface area (Å²) in [7, 11) is 0. The molecule has 5 nitrogen and oxygen atoms in total. The standard InChI is InChI=1S/C17H15ClN4O/c18-13-7-20-22-6-5-12(17(23)16(13)22)15-11-4-2-1-3-10(11)14-8-19-9-21(14)15/h1-4,7-9,12,15,17,23H,5-6H2/t12-,15+,17-/m0/s1. The van der Waals surface area contributed by atoms with Crippen LogP contribution in [0.2, 0.25) is 5.02 Å². The average Bonchev–Trinajstić information content (AvgIpc) is 3.23. The molecule has 4 heterocycles. The lowest BCUT2D eigenvalue weighted by Gasteiger charge is -2.34. The summed E-state index contributed by atoms with van der Waals surface area (Å²) in [5.74, 6) is 0.0494. The van der Waals surface area contributed by atoms with Crippen LogP contribution >= 0.6 is 11.6 Å². The Morgan fingerprint density at radius 3 is 3.00 bits per heavy atom. The van der Waals surface area contributed by atoms with Gasteiger partial charge in [0.15, 0.2) is 0 Å². The zero-order valence-electron chi connectivity index (χ0n) is 12.3. The lowest BCUT2D eigenvalue weighted by atomic mass is 9.83. The Labute approximate surface area is 138 Å². The van der Waals surface area contributed by atoms with Crippen LogP contribution < -0.4 is 0 Å². The Hall–Kier alpha value is -2.11. The minimum atomic E-state index is -0.634. The summed E-state index contributed by atoms with van der Waals surface area (Å²) < 4.78 is 4.00. The van der Waals surface area contributed by atoms with E-state index in [2.05, 4.69) is 32.8 Å². The predicted octanol–water partition coefficient (Wildman–Crippen LogP) is 3.06. The fourth-order valence-corrected chi connectivity index (χ4v) is 4.37. The molecule has 1 aromatic carbocycles. The molecule has 6 heteroatoms. The van der Waals surface area contributed by atoms with Crippen LogP contribution in [0.15, 0.2) is 43.0 Å². The maximum absolute atomic E-state index is 11.0. The molecule has 0 fully saturated rings. The molecular formula is C17H15ClN4O. The SMILES string of the molecule is O[C@@H]1c2c(Cl)cnn2CC[C@H]1[C@H]1c2ccccc2-c2cncn21. The van der Waals surface area contributed by atoms with Gasteiger partial charge < -0.3 is 9.67 Å². The fraction of sp³-hybridized carbons (Fsp3) is 0.294. The van der Waals surface area contributed by atoms with Crippen LogP contribution in [0, 0.1) is 5.92 Å². The minimum absolute atomic E-state index is 0.0494. The number of hydrogen-bond acceptors (Lipinski definition) is 3. The molecule has 1 N–H and O–H groups in total. The Bertz CT molecular complexity index is 900. The topological polar surface area (TPSA) is 55.9 Å². The lowest BCUT2D eigenvalue weighted by Crippen LogP contribution is -2.31. The van der Waals surface area contributed by atoms with E-state index in [4.69, 9.17) is 11.6 Å². The highest BCUT2D eigenvalue weighted by molar-refractivity contribution is 6.31. The third-order valence-corrected chi connectivity index (χ3v) is 5.41. The largest absolute Gasteiger partial charge is 0.386 e. The molecule has 5 rings (SSSR count). The molecule has 0 amide bonds. The van der Waals surface area contributed by atoms with E-state index in [0.717, 1.165) is 24.4 Å². The van der Waals surface area contributed by atoms with Gasteiger partial charge in [-0.05, 0) is 12.0 Å². The van der Waals surface area contributed by atoms with Gasteiger partial charge in [-0.3, -0.25) is 4.68 Å². The van der Waals surface area contributed by atoms with Gasteiger partial charge in [0.1, 0.15) is 6.10 Å². The maximum atomic E-state index is 11.0. The first-order chi connectivity index (χ1) is 11.3. The van der Waals surface area contributed by atoms with E-state index in [1.165, 1.54) is 11.1 Å². The third-order valence-electron chi connectivity index (χ3n) is 5.12. The van der Waals surface area contributed by atoms with E-state index in [1.807, 2.05) is 23.3 Å². The van der Waals surface area contributed by atoms with Crippen molar-refractivity contribution >= 4 is 11.6 Å². The van der Waals surface area contributed by atoms with Crippen molar-refractivity contribution in [3.05, 3.63) is 59.3 Å². The second-order valence-corrected chi connectivity index (χ2v) is 6.62. The molecule has 2 aliphatic rings. The fourth-order valence-electron chi connectivity index (χ4n) is 4.12. The Morgan fingerprint density at radius 1 is 1.22 bits per heavy atom. The van der Waals surface area contributed by atoms with Crippen LogP contribution in [0.5, 0.6) is 0 Å². The van der Waals surface area contributed by atoms with Crippen molar-refractivity contribution in [3.63, 3.8) is 0 Å². The summed E-state index contributed by atoms with van der Waals surface area (Å²) >= 11 is 6.24. The van der Waals surface area contributed by atoms with Gasteiger partial charge in [0.25, 0.3) is 0 Å². The number of imidazole rings is 1. The molecule has 116 valence electrons. The molecule has 0 bridgehead atoms. The first-order valence-electron chi connectivity index (χ1n) is 7.76. The van der Waals surface area contributed by atoms with Crippen molar-refractivity contribution in [3.8, 4) is 11.3 Å². The molecule has 0 aliphatic carbocycles. The Kier molecular flexibility index (Phi) is 2.72. The van der Waals surface area contributed by atoms with Crippen molar-refractivity contribution in [1.29, 1.82) is 0 Å². The molecule has 23 heavy (non-hydrogen) atoms. The van der Waals surface area contributed by atoms with Crippen LogP contribution in [-0.2, 0) is 6.54 Å². The van der Waals surface area contributed by atoms with Crippen LogP contribution in [-0.4, -0.2) is 24.4 Å². The first-order valence-corrected chi connectivity index (χ1v) is 8.14. The number of aryl methyl sites for hydroxylation is 1. The second kappa shape index (κ2) is 4.69. The maximum Gasteiger partial charge on any atom is 0.102 e. The normalized spacial score (nSPS) is 25.0. The molecule has 0 saturated heterocycles. The smallest absolute Gasteiger partial charge is 0.102 e. The summed E-state index contributed by atoms with van der Waals surface area (Å²) in [6, 6.07) is 8.45. The number of aromatic nitrogens is 4.